The first-order chi connectivity index (χ1) is 14.4. The summed E-state index contributed by atoms with van der Waals surface area (Å²) in [5.74, 6) is 0.0200. The minimum atomic E-state index is -0.834. The Morgan fingerprint density at radius 2 is 1.83 bits per heavy atom. The highest BCUT2D eigenvalue weighted by Crippen LogP contribution is 2.40. The second-order valence-electron chi connectivity index (χ2n) is 7.02. The molecule has 7 heteroatoms. The van der Waals surface area contributed by atoms with E-state index in [9.17, 15) is 10.4 Å². The molecule has 0 bridgehead atoms. The maximum absolute atomic E-state index is 9.49. The normalized spacial score (nSPS) is 18.4. The number of nitriles is 3. The number of β-amino-alcohol motifs (C(OH)–C–C–N with tert-alkyl or cyclic N) is 1. The Labute approximate surface area is 176 Å². The minimum Gasteiger partial charge on any atom is -0.480 e. The van der Waals surface area contributed by atoms with Crippen LogP contribution in [0, 0.1) is 34.0 Å². The molecule has 0 aromatic carbocycles. The first-order valence-electron chi connectivity index (χ1n) is 9.21. The molecular weight excluding hydrogens is 380 g/mol. The summed E-state index contributed by atoms with van der Waals surface area (Å²) in [7, 11) is 0. The van der Waals surface area contributed by atoms with Gasteiger partial charge in [-0.1, -0.05) is 30.4 Å². The highest BCUT2D eigenvalue weighted by atomic mass is 16.5. The molecular formula is C23H22N4O3. The van der Waals surface area contributed by atoms with Crippen molar-refractivity contribution in [1.29, 1.82) is 15.8 Å². The van der Waals surface area contributed by atoms with Gasteiger partial charge in [0.1, 0.15) is 29.4 Å². The number of ether oxygens (including phenoxy) is 1. The summed E-state index contributed by atoms with van der Waals surface area (Å²) in [5.41, 5.74) is 0.674. The summed E-state index contributed by atoms with van der Waals surface area (Å²) in [5, 5.41) is 46.0. The number of aliphatic hydroxyl groups excluding tert-OH is 2. The van der Waals surface area contributed by atoms with Crippen LogP contribution in [0.2, 0.25) is 0 Å². The maximum Gasteiger partial charge on any atom is 0.172 e. The molecule has 2 heterocycles. The highest BCUT2D eigenvalue weighted by Gasteiger charge is 2.38. The maximum atomic E-state index is 9.49. The summed E-state index contributed by atoms with van der Waals surface area (Å²) < 4.78 is 5.70. The van der Waals surface area contributed by atoms with E-state index >= 15 is 0 Å². The number of nitrogens with zero attached hydrogens (tertiary/aromatic N) is 4. The quantitative estimate of drug-likeness (QED) is 0.517. The van der Waals surface area contributed by atoms with Gasteiger partial charge in [-0.25, -0.2) is 0 Å². The first kappa shape index (κ1) is 22.5. The molecule has 0 saturated heterocycles. The summed E-state index contributed by atoms with van der Waals surface area (Å²) in [6, 6.07) is 5.57. The molecule has 0 spiro atoms. The standard InChI is InChI=1S/C23H22N4O3/c1-23(2)21(20(14-26)22(30-23)18(12-24)13-25)7-5-3-4-6-17-8-10-27(11-9-17)15-19(29)16-28/h3-11,19,28-29H,15-16H2,1-2H3/b4-3+,7-5+. The van der Waals surface area contributed by atoms with E-state index in [-0.39, 0.29) is 23.5 Å². The fourth-order valence-electron chi connectivity index (χ4n) is 2.87. The molecule has 0 aromatic heterocycles. The van der Waals surface area contributed by atoms with E-state index in [1.165, 1.54) is 0 Å². The number of hydrogen-bond donors (Lipinski definition) is 2. The summed E-state index contributed by atoms with van der Waals surface area (Å²) in [6.07, 6.45) is 15.6. The third-order valence-electron chi connectivity index (χ3n) is 4.39. The van der Waals surface area contributed by atoms with Crippen LogP contribution < -0.4 is 0 Å². The van der Waals surface area contributed by atoms with Gasteiger partial charge in [-0.3, -0.25) is 0 Å². The predicted molar refractivity (Wildman–Crippen MR) is 110 cm³/mol. The molecule has 0 amide bonds. The molecule has 0 fully saturated rings. The Bertz CT molecular complexity index is 986. The molecule has 1 unspecified atom stereocenters. The van der Waals surface area contributed by atoms with Crippen LogP contribution in [0.5, 0.6) is 0 Å². The third-order valence-corrected chi connectivity index (χ3v) is 4.39. The van der Waals surface area contributed by atoms with Crippen LogP contribution in [0.15, 0.2) is 83.0 Å². The topological polar surface area (TPSA) is 124 Å². The van der Waals surface area contributed by atoms with E-state index < -0.39 is 11.7 Å². The van der Waals surface area contributed by atoms with Crippen molar-refractivity contribution in [2.75, 3.05) is 13.2 Å². The van der Waals surface area contributed by atoms with Gasteiger partial charge in [0, 0.05) is 18.0 Å². The van der Waals surface area contributed by atoms with Gasteiger partial charge in [-0.15, -0.1) is 0 Å². The SMILES string of the molecule is CC1(C)OC(=C(C#N)C#N)C(C#N)=C1/C=C/C=C/C=C1C=CN(CC(O)CO)C=C1. The van der Waals surface area contributed by atoms with Crippen molar-refractivity contribution in [3.63, 3.8) is 0 Å². The third kappa shape index (κ3) is 5.37. The second-order valence-corrected chi connectivity index (χ2v) is 7.02. The molecule has 7 nitrogen and oxygen atoms in total. The fourth-order valence-corrected chi connectivity index (χ4v) is 2.87. The first-order valence-corrected chi connectivity index (χ1v) is 9.21. The van der Waals surface area contributed by atoms with E-state index in [0.717, 1.165) is 5.57 Å². The molecule has 0 radical (unpaired) electrons. The smallest absolute Gasteiger partial charge is 0.172 e. The predicted octanol–water partition coefficient (Wildman–Crippen LogP) is 2.65. The lowest BCUT2D eigenvalue weighted by Gasteiger charge is -2.20. The van der Waals surface area contributed by atoms with Gasteiger partial charge >= 0.3 is 0 Å². The average molecular weight is 402 g/mol. The summed E-state index contributed by atoms with van der Waals surface area (Å²) in [4.78, 5) is 1.78. The molecule has 2 rings (SSSR count). The van der Waals surface area contributed by atoms with Crippen LogP contribution in [0.25, 0.3) is 0 Å². The molecule has 2 aliphatic rings. The number of hydrogen-bond acceptors (Lipinski definition) is 7. The molecule has 2 aliphatic heterocycles. The lowest BCUT2D eigenvalue weighted by molar-refractivity contribution is 0.0802. The van der Waals surface area contributed by atoms with Crippen LogP contribution in [-0.2, 0) is 4.74 Å². The van der Waals surface area contributed by atoms with Crippen LogP contribution in [0.1, 0.15) is 13.8 Å². The van der Waals surface area contributed by atoms with E-state index in [0.29, 0.717) is 12.1 Å². The van der Waals surface area contributed by atoms with Gasteiger partial charge in [0.05, 0.1) is 19.3 Å². The van der Waals surface area contributed by atoms with Gasteiger partial charge in [-0.05, 0) is 31.6 Å². The van der Waals surface area contributed by atoms with E-state index in [2.05, 4.69) is 0 Å². The van der Waals surface area contributed by atoms with Crippen molar-refractivity contribution in [2.45, 2.75) is 25.6 Å². The molecule has 2 N–H and O–H groups in total. The number of allylic oxidation sites excluding steroid dienone is 9. The molecule has 0 saturated carbocycles. The summed E-state index contributed by atoms with van der Waals surface area (Å²) >= 11 is 0. The van der Waals surface area contributed by atoms with Crippen molar-refractivity contribution in [3.05, 3.63) is 83.0 Å². The van der Waals surface area contributed by atoms with Crippen molar-refractivity contribution in [2.24, 2.45) is 0 Å². The van der Waals surface area contributed by atoms with E-state index in [1.807, 2.05) is 42.8 Å². The molecule has 152 valence electrons. The summed E-state index contributed by atoms with van der Waals surface area (Å²) in [6.45, 7) is 3.57. The largest absolute Gasteiger partial charge is 0.480 e. The molecule has 1 atom stereocenters. The zero-order chi connectivity index (χ0) is 22.1. The molecule has 30 heavy (non-hydrogen) atoms. The van der Waals surface area contributed by atoms with Gasteiger partial charge < -0.3 is 19.8 Å². The van der Waals surface area contributed by atoms with Gasteiger partial charge in [0.2, 0.25) is 0 Å². The monoisotopic (exact) mass is 402 g/mol. The zero-order valence-electron chi connectivity index (χ0n) is 16.8. The lowest BCUT2D eigenvalue weighted by Crippen LogP contribution is -2.27. The van der Waals surface area contributed by atoms with Gasteiger partial charge in [-0.2, -0.15) is 15.8 Å². The van der Waals surface area contributed by atoms with E-state index in [1.54, 1.807) is 49.1 Å². The van der Waals surface area contributed by atoms with Crippen molar-refractivity contribution >= 4 is 0 Å². The minimum absolute atomic E-state index is 0.0200. The zero-order valence-corrected chi connectivity index (χ0v) is 16.8. The van der Waals surface area contributed by atoms with E-state index in [4.69, 9.17) is 20.4 Å². The van der Waals surface area contributed by atoms with Gasteiger partial charge in [0.15, 0.2) is 11.3 Å². The van der Waals surface area contributed by atoms with Crippen LogP contribution in [0.3, 0.4) is 0 Å². The van der Waals surface area contributed by atoms with Crippen LogP contribution >= 0.6 is 0 Å². The Kier molecular flexibility index (Phi) is 7.56. The Hall–Kier alpha value is -3.83. The fraction of sp³-hybridized carbons (Fsp3) is 0.261. The van der Waals surface area contributed by atoms with Crippen LogP contribution in [-0.4, -0.2) is 40.0 Å². The van der Waals surface area contributed by atoms with Crippen molar-refractivity contribution in [1.82, 2.24) is 4.90 Å². The average Bonchev–Trinajstić information content (AvgIpc) is 2.99. The molecule has 0 aliphatic carbocycles. The Morgan fingerprint density at radius 3 is 2.40 bits per heavy atom. The highest BCUT2D eigenvalue weighted by molar-refractivity contribution is 5.60. The van der Waals surface area contributed by atoms with Gasteiger partial charge in [0.25, 0.3) is 0 Å². The Morgan fingerprint density at radius 1 is 1.17 bits per heavy atom. The Balaban J connectivity index is 2.12. The number of aliphatic hydroxyl groups is 2. The van der Waals surface area contributed by atoms with Crippen LogP contribution in [0.4, 0.5) is 0 Å². The lowest BCUT2D eigenvalue weighted by atomic mass is 9.95. The van der Waals surface area contributed by atoms with Crippen molar-refractivity contribution < 1.29 is 14.9 Å². The van der Waals surface area contributed by atoms with Crippen molar-refractivity contribution in [3.8, 4) is 18.2 Å². The number of rotatable bonds is 6. The molecule has 0 aromatic rings. The second kappa shape index (κ2) is 10.1.